The maximum absolute atomic E-state index is 5.54. The maximum atomic E-state index is 5.54. The number of ether oxygens (including phenoxy) is 1. The third-order valence-electron chi connectivity index (χ3n) is 4.78. The van der Waals surface area contributed by atoms with Crippen LogP contribution in [-0.2, 0) is 4.74 Å². The molecule has 130 valence electrons. The van der Waals surface area contributed by atoms with Crippen molar-refractivity contribution >= 4 is 29.9 Å². The van der Waals surface area contributed by atoms with Crippen molar-refractivity contribution in [3.05, 3.63) is 0 Å². The number of rotatable bonds is 3. The Hall–Kier alpha value is -0.0800. The van der Waals surface area contributed by atoms with Gasteiger partial charge >= 0.3 is 0 Å². The Bertz CT molecular complexity index is 338. The lowest BCUT2D eigenvalue weighted by Gasteiger charge is -2.47. The van der Waals surface area contributed by atoms with Gasteiger partial charge in [0.1, 0.15) is 0 Å². The van der Waals surface area contributed by atoms with E-state index in [1.165, 1.54) is 32.1 Å². The van der Waals surface area contributed by atoms with E-state index in [0.717, 1.165) is 38.8 Å². The van der Waals surface area contributed by atoms with Gasteiger partial charge in [-0.05, 0) is 12.8 Å². The predicted octanol–water partition coefficient (Wildman–Crippen LogP) is 2.12. The van der Waals surface area contributed by atoms with E-state index in [1.807, 2.05) is 0 Å². The fourth-order valence-electron chi connectivity index (χ4n) is 3.72. The first-order chi connectivity index (χ1) is 10.1. The van der Waals surface area contributed by atoms with Gasteiger partial charge in [-0.15, -0.1) is 24.0 Å². The van der Waals surface area contributed by atoms with Crippen LogP contribution >= 0.6 is 24.0 Å². The molecule has 0 N–H and O–H groups in total. The average molecular weight is 424 g/mol. The Morgan fingerprint density at radius 2 is 1.55 bits per heavy atom. The zero-order valence-electron chi connectivity index (χ0n) is 14.7. The topological polar surface area (TPSA) is 31.3 Å². The number of guanidine groups is 1. The molecule has 0 spiro atoms. The Kier molecular flexibility index (Phi) is 8.42. The summed E-state index contributed by atoms with van der Waals surface area (Å²) in [4.78, 5) is 11.8. The van der Waals surface area contributed by atoms with Crippen LogP contribution < -0.4 is 0 Å². The van der Waals surface area contributed by atoms with E-state index < -0.39 is 0 Å². The highest BCUT2D eigenvalue weighted by molar-refractivity contribution is 14.0. The number of halogens is 1. The van der Waals surface area contributed by atoms with E-state index in [2.05, 4.69) is 42.9 Å². The Morgan fingerprint density at radius 1 is 1.00 bits per heavy atom. The van der Waals surface area contributed by atoms with Crippen LogP contribution in [0, 0.1) is 0 Å². The molecule has 0 radical (unpaired) electrons. The zero-order valence-corrected chi connectivity index (χ0v) is 17.0. The molecule has 22 heavy (non-hydrogen) atoms. The normalized spacial score (nSPS) is 21.6. The molecule has 1 aliphatic heterocycles. The van der Waals surface area contributed by atoms with Crippen molar-refractivity contribution in [1.82, 2.24) is 14.7 Å². The van der Waals surface area contributed by atoms with Crippen molar-refractivity contribution < 1.29 is 4.74 Å². The molecule has 1 saturated heterocycles. The fourth-order valence-corrected chi connectivity index (χ4v) is 3.72. The Balaban J connectivity index is 0.00000242. The molecule has 6 heteroatoms. The first kappa shape index (κ1) is 20.0. The first-order valence-electron chi connectivity index (χ1n) is 8.27. The number of morpholine rings is 1. The van der Waals surface area contributed by atoms with Gasteiger partial charge in [-0.1, -0.05) is 19.3 Å². The van der Waals surface area contributed by atoms with E-state index in [1.54, 1.807) is 0 Å². The van der Waals surface area contributed by atoms with Crippen molar-refractivity contribution in [2.45, 2.75) is 37.6 Å². The minimum atomic E-state index is 0. The van der Waals surface area contributed by atoms with E-state index in [9.17, 15) is 0 Å². The molecule has 0 amide bonds. The van der Waals surface area contributed by atoms with Gasteiger partial charge in [0, 0.05) is 46.8 Å². The minimum absolute atomic E-state index is 0. The summed E-state index contributed by atoms with van der Waals surface area (Å²) in [6, 6.07) is 0. The molecule has 0 aromatic rings. The standard InChI is InChI=1S/C16H32N4O.HI/c1-18(2)15(19(3)4)17-14-16(8-6-5-7-9-16)20-10-12-21-13-11-20;/h5-14H2,1-4H3;1H. The summed E-state index contributed by atoms with van der Waals surface area (Å²) >= 11 is 0. The molecule has 1 aliphatic carbocycles. The van der Waals surface area contributed by atoms with Crippen molar-refractivity contribution in [2.24, 2.45) is 4.99 Å². The van der Waals surface area contributed by atoms with Gasteiger partial charge < -0.3 is 14.5 Å². The van der Waals surface area contributed by atoms with Crippen LogP contribution in [0.3, 0.4) is 0 Å². The second-order valence-corrected chi connectivity index (χ2v) is 6.79. The summed E-state index contributed by atoms with van der Waals surface area (Å²) in [5.41, 5.74) is 0.263. The van der Waals surface area contributed by atoms with Gasteiger partial charge in [0.25, 0.3) is 0 Å². The highest BCUT2D eigenvalue weighted by Gasteiger charge is 2.38. The maximum Gasteiger partial charge on any atom is 0.195 e. The van der Waals surface area contributed by atoms with Crippen molar-refractivity contribution in [3.63, 3.8) is 0 Å². The van der Waals surface area contributed by atoms with Gasteiger partial charge in [-0.2, -0.15) is 0 Å². The Morgan fingerprint density at radius 3 is 2.05 bits per heavy atom. The molecular formula is C16H33IN4O. The molecule has 1 heterocycles. The lowest BCUT2D eigenvalue weighted by Crippen LogP contribution is -2.56. The van der Waals surface area contributed by atoms with Crippen molar-refractivity contribution in [3.8, 4) is 0 Å². The van der Waals surface area contributed by atoms with Gasteiger partial charge in [0.15, 0.2) is 5.96 Å². The molecule has 2 aliphatic rings. The van der Waals surface area contributed by atoms with E-state index in [0.29, 0.717) is 0 Å². The second kappa shape index (κ2) is 9.27. The summed E-state index contributed by atoms with van der Waals surface area (Å²) in [6.07, 6.45) is 6.62. The summed E-state index contributed by atoms with van der Waals surface area (Å²) in [7, 11) is 8.28. The van der Waals surface area contributed by atoms with Gasteiger partial charge in [0.05, 0.1) is 19.8 Å². The highest BCUT2D eigenvalue weighted by Crippen LogP contribution is 2.34. The lowest BCUT2D eigenvalue weighted by molar-refractivity contribution is -0.0334. The smallest absolute Gasteiger partial charge is 0.195 e. The summed E-state index contributed by atoms with van der Waals surface area (Å²) in [5, 5.41) is 0. The van der Waals surface area contributed by atoms with Crippen LogP contribution in [-0.4, -0.2) is 87.2 Å². The average Bonchev–Trinajstić information content (AvgIpc) is 2.48. The predicted molar refractivity (Wildman–Crippen MR) is 103 cm³/mol. The monoisotopic (exact) mass is 424 g/mol. The van der Waals surface area contributed by atoms with Crippen LogP contribution in [0.25, 0.3) is 0 Å². The van der Waals surface area contributed by atoms with Crippen LogP contribution in [0.5, 0.6) is 0 Å². The molecule has 0 atom stereocenters. The zero-order chi connectivity index (χ0) is 15.3. The van der Waals surface area contributed by atoms with Gasteiger partial charge in [-0.25, -0.2) is 0 Å². The fraction of sp³-hybridized carbons (Fsp3) is 0.938. The second-order valence-electron chi connectivity index (χ2n) is 6.79. The molecular weight excluding hydrogens is 391 g/mol. The lowest BCUT2D eigenvalue weighted by atomic mass is 9.80. The van der Waals surface area contributed by atoms with E-state index in [4.69, 9.17) is 9.73 Å². The molecule has 1 saturated carbocycles. The molecule has 2 fully saturated rings. The molecule has 0 aromatic heterocycles. The van der Waals surface area contributed by atoms with Crippen LogP contribution in [0.1, 0.15) is 32.1 Å². The van der Waals surface area contributed by atoms with Crippen LogP contribution in [0.2, 0.25) is 0 Å². The quantitative estimate of drug-likeness (QED) is 0.395. The number of aliphatic imine (C=N–C) groups is 1. The van der Waals surface area contributed by atoms with Crippen LogP contribution in [0.15, 0.2) is 4.99 Å². The molecule has 5 nitrogen and oxygen atoms in total. The van der Waals surface area contributed by atoms with Crippen molar-refractivity contribution in [1.29, 1.82) is 0 Å². The number of hydrogen-bond acceptors (Lipinski definition) is 3. The summed E-state index contributed by atoms with van der Waals surface area (Å²) in [5.74, 6) is 1.06. The van der Waals surface area contributed by atoms with Gasteiger partial charge in [0.2, 0.25) is 0 Å². The molecule has 0 aromatic carbocycles. The Labute approximate surface area is 153 Å². The van der Waals surface area contributed by atoms with Crippen LogP contribution in [0.4, 0.5) is 0 Å². The third kappa shape index (κ3) is 4.96. The van der Waals surface area contributed by atoms with Gasteiger partial charge in [-0.3, -0.25) is 9.89 Å². The van der Waals surface area contributed by atoms with E-state index in [-0.39, 0.29) is 29.5 Å². The minimum Gasteiger partial charge on any atom is -0.379 e. The third-order valence-corrected chi connectivity index (χ3v) is 4.78. The number of hydrogen-bond donors (Lipinski definition) is 0. The number of nitrogens with zero attached hydrogens (tertiary/aromatic N) is 4. The SMILES string of the molecule is CN(C)C(=NCC1(N2CCOCC2)CCCCC1)N(C)C.I. The van der Waals surface area contributed by atoms with E-state index >= 15 is 0 Å². The van der Waals surface area contributed by atoms with Crippen molar-refractivity contribution in [2.75, 3.05) is 61.0 Å². The largest absolute Gasteiger partial charge is 0.379 e. The molecule has 0 unspecified atom stereocenters. The molecule has 0 bridgehead atoms. The summed E-state index contributed by atoms with van der Waals surface area (Å²) < 4.78 is 5.54. The molecule has 2 rings (SSSR count). The highest BCUT2D eigenvalue weighted by atomic mass is 127. The first-order valence-corrected chi connectivity index (χ1v) is 8.27. The summed E-state index contributed by atoms with van der Waals surface area (Å²) in [6.45, 7) is 4.79.